The molecule has 0 aliphatic carbocycles. The highest BCUT2D eigenvalue weighted by atomic mass is 35.5. The number of rotatable bonds is 8. The van der Waals surface area contributed by atoms with Crippen LogP contribution in [0.3, 0.4) is 0 Å². The Morgan fingerprint density at radius 1 is 1.25 bits per heavy atom. The monoisotopic (exact) mass is 415 g/mol. The second kappa shape index (κ2) is 9.80. The molecule has 0 saturated carbocycles. The average Bonchev–Trinajstić information content (AvgIpc) is 2.65. The van der Waals surface area contributed by atoms with Crippen LogP contribution in [0.5, 0.6) is 5.75 Å². The van der Waals surface area contributed by atoms with Gasteiger partial charge in [0.25, 0.3) is 0 Å². The van der Waals surface area contributed by atoms with E-state index in [-0.39, 0.29) is 24.4 Å². The summed E-state index contributed by atoms with van der Waals surface area (Å²) in [4.78, 5) is 11.9. The minimum absolute atomic E-state index is 0.125. The van der Waals surface area contributed by atoms with Gasteiger partial charge >= 0.3 is 6.18 Å². The summed E-state index contributed by atoms with van der Waals surface area (Å²) in [5.41, 5.74) is -0.301. The van der Waals surface area contributed by atoms with E-state index in [9.17, 15) is 23.1 Å². The predicted octanol–water partition coefficient (Wildman–Crippen LogP) is 4.68. The smallest absolute Gasteiger partial charge is 0.416 e. The van der Waals surface area contributed by atoms with Crippen LogP contribution in [0, 0.1) is 6.92 Å². The number of benzene rings is 2. The number of hydrogen-bond donors (Lipinski definition) is 2. The molecule has 0 aliphatic rings. The number of aliphatic hydroxyl groups is 1. The normalized spacial score (nSPS) is 12.5. The second-order valence-corrected chi connectivity index (χ2v) is 6.68. The molecule has 8 heteroatoms. The van der Waals surface area contributed by atoms with Gasteiger partial charge in [0.1, 0.15) is 5.75 Å². The van der Waals surface area contributed by atoms with Crippen molar-refractivity contribution < 1.29 is 27.8 Å². The number of amides is 1. The van der Waals surface area contributed by atoms with Gasteiger partial charge < -0.3 is 15.2 Å². The van der Waals surface area contributed by atoms with Crippen molar-refractivity contribution in [2.75, 3.05) is 13.2 Å². The first kappa shape index (κ1) is 22.0. The summed E-state index contributed by atoms with van der Waals surface area (Å²) in [6, 6.07) is 9.99. The molecule has 1 atom stereocenters. The van der Waals surface area contributed by atoms with Crippen LogP contribution in [0.25, 0.3) is 0 Å². The molecule has 1 amide bonds. The van der Waals surface area contributed by atoms with E-state index in [0.29, 0.717) is 23.8 Å². The van der Waals surface area contributed by atoms with Crippen molar-refractivity contribution in [3.05, 3.63) is 64.2 Å². The summed E-state index contributed by atoms with van der Waals surface area (Å²) < 4.78 is 44.5. The lowest BCUT2D eigenvalue weighted by Crippen LogP contribution is -2.29. The average molecular weight is 416 g/mol. The number of halogens is 4. The third-order valence-corrected chi connectivity index (χ3v) is 4.49. The number of hydrogen-bond acceptors (Lipinski definition) is 3. The number of carbonyl (C=O) groups excluding carboxylic acids is 1. The number of aryl methyl sites for hydroxylation is 1. The van der Waals surface area contributed by atoms with Crippen LogP contribution >= 0.6 is 11.6 Å². The Hall–Kier alpha value is -2.25. The van der Waals surface area contributed by atoms with Crippen LogP contribution in [0.1, 0.15) is 35.6 Å². The van der Waals surface area contributed by atoms with Gasteiger partial charge in [-0.3, -0.25) is 4.79 Å². The number of carbonyl (C=O) groups is 1. The van der Waals surface area contributed by atoms with Gasteiger partial charge in [0.15, 0.2) is 0 Å². The molecule has 0 spiro atoms. The van der Waals surface area contributed by atoms with Gasteiger partial charge in [-0.05, 0) is 48.7 Å². The third-order valence-electron chi connectivity index (χ3n) is 4.06. The zero-order chi connectivity index (χ0) is 20.7. The molecule has 28 heavy (non-hydrogen) atoms. The van der Waals surface area contributed by atoms with Gasteiger partial charge in [-0.25, -0.2) is 0 Å². The number of nitrogens with one attached hydrogen (secondary N) is 1. The SMILES string of the molecule is Cc1cc(OCCCC(=O)NCC(O)c2ccccc2C(F)(F)F)ccc1Cl. The Morgan fingerprint density at radius 3 is 2.64 bits per heavy atom. The van der Waals surface area contributed by atoms with Crippen molar-refractivity contribution in [1.29, 1.82) is 0 Å². The molecule has 0 fully saturated rings. The number of ether oxygens (including phenoxy) is 1. The minimum Gasteiger partial charge on any atom is -0.494 e. The van der Waals surface area contributed by atoms with Gasteiger partial charge in [-0.1, -0.05) is 29.8 Å². The third kappa shape index (κ3) is 6.42. The molecule has 0 heterocycles. The Labute approximate surface area is 166 Å². The van der Waals surface area contributed by atoms with E-state index >= 15 is 0 Å². The number of alkyl halides is 3. The van der Waals surface area contributed by atoms with E-state index in [1.165, 1.54) is 18.2 Å². The molecular formula is C20H21ClF3NO3. The summed E-state index contributed by atoms with van der Waals surface area (Å²) in [6.45, 7) is 1.85. The highest BCUT2D eigenvalue weighted by molar-refractivity contribution is 6.31. The summed E-state index contributed by atoms with van der Waals surface area (Å²) in [7, 11) is 0. The van der Waals surface area contributed by atoms with E-state index in [4.69, 9.17) is 16.3 Å². The van der Waals surface area contributed by atoms with Crippen LogP contribution in [-0.4, -0.2) is 24.2 Å². The zero-order valence-electron chi connectivity index (χ0n) is 15.2. The first-order chi connectivity index (χ1) is 13.2. The lowest BCUT2D eigenvalue weighted by molar-refractivity contribution is -0.139. The van der Waals surface area contributed by atoms with Gasteiger partial charge in [0.2, 0.25) is 5.91 Å². The summed E-state index contributed by atoms with van der Waals surface area (Å²) >= 11 is 5.93. The number of aliphatic hydroxyl groups excluding tert-OH is 1. The molecule has 0 saturated heterocycles. The standard InChI is InChI=1S/C20H21ClF3NO3/c1-13-11-14(8-9-17(13)21)28-10-4-7-19(27)25-12-18(26)15-5-2-3-6-16(15)20(22,23)24/h2-3,5-6,8-9,11,18,26H,4,7,10,12H2,1H3,(H,25,27). The summed E-state index contributed by atoms with van der Waals surface area (Å²) in [5.74, 6) is 0.265. The molecule has 2 rings (SSSR count). The van der Waals surface area contributed by atoms with Gasteiger partial charge in [0.05, 0.1) is 18.3 Å². The van der Waals surface area contributed by atoms with E-state index < -0.39 is 17.8 Å². The van der Waals surface area contributed by atoms with Gasteiger partial charge in [-0.2, -0.15) is 13.2 Å². The Balaban J connectivity index is 1.76. The fourth-order valence-corrected chi connectivity index (χ4v) is 2.70. The van der Waals surface area contributed by atoms with Crippen LogP contribution < -0.4 is 10.1 Å². The van der Waals surface area contributed by atoms with Gasteiger partial charge in [0, 0.05) is 18.0 Å². The Bertz CT molecular complexity index is 812. The maximum Gasteiger partial charge on any atom is 0.416 e. The molecule has 1 unspecified atom stereocenters. The maximum absolute atomic E-state index is 13.0. The first-order valence-electron chi connectivity index (χ1n) is 8.68. The lowest BCUT2D eigenvalue weighted by atomic mass is 10.0. The second-order valence-electron chi connectivity index (χ2n) is 6.27. The molecule has 4 nitrogen and oxygen atoms in total. The van der Waals surface area contributed by atoms with Crippen molar-refractivity contribution in [1.82, 2.24) is 5.32 Å². The molecule has 2 aromatic carbocycles. The van der Waals surface area contributed by atoms with Crippen LogP contribution in [0.4, 0.5) is 13.2 Å². The molecule has 0 bridgehead atoms. The van der Waals surface area contributed by atoms with Gasteiger partial charge in [-0.15, -0.1) is 0 Å². The van der Waals surface area contributed by atoms with Crippen molar-refractivity contribution in [2.45, 2.75) is 32.0 Å². The molecule has 0 radical (unpaired) electrons. The highest BCUT2D eigenvalue weighted by Gasteiger charge is 2.34. The molecule has 2 aromatic rings. The predicted molar refractivity (Wildman–Crippen MR) is 100 cm³/mol. The Morgan fingerprint density at radius 2 is 1.96 bits per heavy atom. The van der Waals surface area contributed by atoms with E-state index in [1.54, 1.807) is 18.2 Å². The quantitative estimate of drug-likeness (QED) is 0.616. The van der Waals surface area contributed by atoms with Crippen LogP contribution in [0.15, 0.2) is 42.5 Å². The van der Waals surface area contributed by atoms with Crippen LogP contribution in [0.2, 0.25) is 5.02 Å². The summed E-state index contributed by atoms with van der Waals surface area (Å²) in [5, 5.41) is 13.1. The van der Waals surface area contributed by atoms with E-state index in [1.807, 2.05) is 6.92 Å². The van der Waals surface area contributed by atoms with Crippen molar-refractivity contribution in [2.24, 2.45) is 0 Å². The Kier molecular flexibility index (Phi) is 7.71. The lowest BCUT2D eigenvalue weighted by Gasteiger charge is -2.18. The molecule has 0 aliphatic heterocycles. The zero-order valence-corrected chi connectivity index (χ0v) is 16.0. The maximum atomic E-state index is 13.0. The topological polar surface area (TPSA) is 58.6 Å². The van der Waals surface area contributed by atoms with E-state index in [0.717, 1.165) is 11.6 Å². The summed E-state index contributed by atoms with van der Waals surface area (Å²) in [6.07, 6.45) is -5.47. The molecule has 0 aromatic heterocycles. The minimum atomic E-state index is -4.57. The van der Waals surface area contributed by atoms with Crippen LogP contribution in [-0.2, 0) is 11.0 Å². The fraction of sp³-hybridized carbons (Fsp3) is 0.350. The van der Waals surface area contributed by atoms with Crippen molar-refractivity contribution in [3.63, 3.8) is 0 Å². The molecule has 152 valence electrons. The first-order valence-corrected chi connectivity index (χ1v) is 9.06. The largest absolute Gasteiger partial charge is 0.494 e. The highest BCUT2D eigenvalue weighted by Crippen LogP contribution is 2.34. The van der Waals surface area contributed by atoms with E-state index in [2.05, 4.69) is 5.32 Å². The molecular weight excluding hydrogens is 395 g/mol. The molecule has 2 N–H and O–H groups in total. The fourth-order valence-electron chi connectivity index (χ4n) is 2.58. The van der Waals surface area contributed by atoms with Crippen molar-refractivity contribution >= 4 is 17.5 Å². The van der Waals surface area contributed by atoms with Crippen molar-refractivity contribution in [3.8, 4) is 5.75 Å².